The van der Waals surface area contributed by atoms with E-state index >= 15 is 0 Å². The minimum Gasteiger partial charge on any atom is -0.494 e. The summed E-state index contributed by atoms with van der Waals surface area (Å²) >= 11 is 0. The van der Waals surface area contributed by atoms with Crippen LogP contribution in [-0.4, -0.2) is 55.6 Å². The van der Waals surface area contributed by atoms with Crippen molar-refractivity contribution in [2.75, 3.05) is 33.8 Å². The molecule has 2 heterocycles. The Morgan fingerprint density at radius 3 is 2.41 bits per heavy atom. The number of hydrogen-bond acceptors (Lipinski definition) is 6. The van der Waals surface area contributed by atoms with Crippen LogP contribution in [0.3, 0.4) is 0 Å². The van der Waals surface area contributed by atoms with E-state index in [2.05, 4.69) is 4.90 Å². The molecule has 0 bridgehead atoms. The van der Waals surface area contributed by atoms with Crippen LogP contribution in [0.15, 0.2) is 51.7 Å². The van der Waals surface area contributed by atoms with Gasteiger partial charge in [0.25, 0.3) is 5.91 Å². The maximum atomic E-state index is 13.6. The predicted octanol–water partition coefficient (Wildman–Crippen LogP) is 4.48. The Balaban J connectivity index is 1.81. The summed E-state index contributed by atoms with van der Waals surface area (Å²) in [5.41, 5.74) is 1.42. The summed E-state index contributed by atoms with van der Waals surface area (Å²) in [4.78, 5) is 31.0. The van der Waals surface area contributed by atoms with Gasteiger partial charge in [-0.3, -0.25) is 9.59 Å². The van der Waals surface area contributed by atoms with E-state index in [1.165, 1.54) is 0 Å². The maximum Gasteiger partial charge on any atom is 0.290 e. The second-order valence-corrected chi connectivity index (χ2v) is 9.06. The van der Waals surface area contributed by atoms with Crippen molar-refractivity contribution in [2.45, 2.75) is 39.3 Å². The fourth-order valence-corrected chi connectivity index (χ4v) is 4.39. The lowest BCUT2D eigenvalue weighted by Crippen LogP contribution is -2.32. The molecule has 0 spiro atoms. The van der Waals surface area contributed by atoms with Crippen molar-refractivity contribution in [3.05, 3.63) is 69.6 Å². The Labute approximate surface area is 199 Å². The number of fused-ring (bicyclic) bond motifs is 2. The van der Waals surface area contributed by atoms with Gasteiger partial charge in [-0.1, -0.05) is 12.1 Å². The van der Waals surface area contributed by atoms with Gasteiger partial charge in [-0.25, -0.2) is 0 Å². The Hall–Kier alpha value is -3.32. The molecule has 0 radical (unpaired) electrons. The summed E-state index contributed by atoms with van der Waals surface area (Å²) in [6.07, 6.45) is 0.835. The van der Waals surface area contributed by atoms with Gasteiger partial charge in [-0.05, 0) is 77.7 Å². The zero-order valence-corrected chi connectivity index (χ0v) is 20.5. The molecule has 1 aromatic heterocycles. The molecular formula is C27H32N2O5. The molecule has 7 nitrogen and oxygen atoms in total. The van der Waals surface area contributed by atoms with Gasteiger partial charge in [0, 0.05) is 12.6 Å². The molecule has 1 aliphatic heterocycles. The molecule has 4 rings (SSSR count). The number of ether oxygens (including phenoxy) is 2. The second kappa shape index (κ2) is 9.89. The average Bonchev–Trinajstić information content (AvgIpc) is 3.06. The molecule has 0 aliphatic carbocycles. The number of benzene rings is 2. The van der Waals surface area contributed by atoms with Gasteiger partial charge in [0.15, 0.2) is 5.43 Å². The summed E-state index contributed by atoms with van der Waals surface area (Å²) in [7, 11) is 4.00. The number of carbonyl (C=O) groups is 1. The van der Waals surface area contributed by atoms with Gasteiger partial charge in [0.1, 0.15) is 17.1 Å². The van der Waals surface area contributed by atoms with Gasteiger partial charge in [0.05, 0.1) is 29.7 Å². The largest absolute Gasteiger partial charge is 0.494 e. The minimum absolute atomic E-state index is 0.0576. The van der Waals surface area contributed by atoms with Crippen molar-refractivity contribution >= 4 is 16.9 Å². The molecule has 7 heteroatoms. The van der Waals surface area contributed by atoms with Crippen LogP contribution in [0, 0.1) is 0 Å². The lowest BCUT2D eigenvalue weighted by Gasteiger charge is -2.26. The molecule has 1 amide bonds. The fourth-order valence-electron chi connectivity index (χ4n) is 4.39. The van der Waals surface area contributed by atoms with Crippen LogP contribution >= 0.6 is 0 Å². The quantitative estimate of drug-likeness (QED) is 0.465. The number of hydrogen-bond donors (Lipinski definition) is 0. The first kappa shape index (κ1) is 23.8. The lowest BCUT2D eigenvalue weighted by atomic mass is 9.98. The van der Waals surface area contributed by atoms with Crippen molar-refractivity contribution < 1.29 is 18.7 Å². The second-order valence-electron chi connectivity index (χ2n) is 9.06. The zero-order valence-electron chi connectivity index (χ0n) is 20.5. The van der Waals surface area contributed by atoms with Gasteiger partial charge >= 0.3 is 0 Å². The Morgan fingerprint density at radius 1 is 1.06 bits per heavy atom. The van der Waals surface area contributed by atoms with Gasteiger partial charge in [-0.2, -0.15) is 0 Å². The van der Waals surface area contributed by atoms with Crippen molar-refractivity contribution in [3.63, 3.8) is 0 Å². The average molecular weight is 465 g/mol. The molecule has 34 heavy (non-hydrogen) atoms. The van der Waals surface area contributed by atoms with Crippen LogP contribution < -0.4 is 14.9 Å². The third-order valence-corrected chi connectivity index (χ3v) is 5.82. The summed E-state index contributed by atoms with van der Waals surface area (Å²) in [6.45, 7) is 7.67. The highest BCUT2D eigenvalue weighted by atomic mass is 16.5. The van der Waals surface area contributed by atoms with E-state index in [0.717, 1.165) is 24.3 Å². The number of carbonyl (C=O) groups excluding carboxylic acids is 1. The first-order valence-corrected chi connectivity index (χ1v) is 11.8. The van der Waals surface area contributed by atoms with E-state index in [-0.39, 0.29) is 23.2 Å². The highest BCUT2D eigenvalue weighted by molar-refractivity contribution is 5.99. The van der Waals surface area contributed by atoms with E-state index < -0.39 is 6.04 Å². The molecule has 0 saturated carbocycles. The van der Waals surface area contributed by atoms with E-state index in [4.69, 9.17) is 13.9 Å². The number of amides is 1. The molecule has 180 valence electrons. The van der Waals surface area contributed by atoms with E-state index in [0.29, 0.717) is 35.4 Å². The Bertz CT molecular complexity index is 1230. The highest BCUT2D eigenvalue weighted by Crippen LogP contribution is 2.39. The molecule has 1 atom stereocenters. The molecule has 2 aromatic carbocycles. The van der Waals surface area contributed by atoms with E-state index in [1.54, 1.807) is 23.1 Å². The summed E-state index contributed by atoms with van der Waals surface area (Å²) < 4.78 is 17.4. The van der Waals surface area contributed by atoms with Gasteiger partial charge in [0.2, 0.25) is 5.76 Å². The summed E-state index contributed by atoms with van der Waals surface area (Å²) in [5.74, 6) is 1.20. The van der Waals surface area contributed by atoms with E-state index in [1.807, 2.05) is 59.1 Å². The van der Waals surface area contributed by atoms with Gasteiger partial charge < -0.3 is 23.7 Å². The zero-order chi connectivity index (χ0) is 24.4. The monoisotopic (exact) mass is 464 g/mol. The highest BCUT2D eigenvalue weighted by Gasteiger charge is 2.42. The Kier molecular flexibility index (Phi) is 6.93. The minimum atomic E-state index is -0.509. The van der Waals surface area contributed by atoms with Crippen LogP contribution in [0.1, 0.15) is 54.9 Å². The fraction of sp³-hybridized carbons (Fsp3) is 0.407. The molecule has 0 fully saturated rings. The standard InChI is InChI=1S/C27H32N2O5/c1-6-32-20-12-13-21-22(16-20)34-26-23(25(21)30)24(29(27(26)31)15-7-14-28(4)5)18-8-10-19(11-9-18)33-17(2)3/h8-13,16-17,24H,6-7,14-15H2,1-5H3. The first-order valence-electron chi connectivity index (χ1n) is 11.8. The smallest absolute Gasteiger partial charge is 0.290 e. The third-order valence-electron chi connectivity index (χ3n) is 5.82. The number of rotatable bonds is 9. The first-order chi connectivity index (χ1) is 16.3. The number of nitrogens with zero attached hydrogens (tertiary/aromatic N) is 2. The molecule has 3 aromatic rings. The molecule has 1 unspecified atom stereocenters. The van der Waals surface area contributed by atoms with Crippen molar-refractivity contribution in [2.24, 2.45) is 0 Å². The third kappa shape index (κ3) is 4.66. The summed E-state index contributed by atoms with van der Waals surface area (Å²) in [5, 5.41) is 0.440. The summed E-state index contributed by atoms with van der Waals surface area (Å²) in [6, 6.07) is 12.2. The van der Waals surface area contributed by atoms with Crippen LogP contribution in [0.4, 0.5) is 0 Å². The van der Waals surface area contributed by atoms with Crippen molar-refractivity contribution in [1.29, 1.82) is 0 Å². The topological polar surface area (TPSA) is 72.2 Å². The van der Waals surface area contributed by atoms with Crippen LogP contribution in [0.2, 0.25) is 0 Å². The van der Waals surface area contributed by atoms with Crippen LogP contribution in [-0.2, 0) is 0 Å². The predicted molar refractivity (Wildman–Crippen MR) is 132 cm³/mol. The lowest BCUT2D eigenvalue weighted by molar-refractivity contribution is 0.0722. The van der Waals surface area contributed by atoms with Crippen molar-refractivity contribution in [3.8, 4) is 11.5 Å². The Morgan fingerprint density at radius 2 is 1.76 bits per heavy atom. The molecular weight excluding hydrogens is 432 g/mol. The normalized spacial score (nSPS) is 15.4. The van der Waals surface area contributed by atoms with Crippen LogP contribution in [0.5, 0.6) is 11.5 Å². The molecule has 1 aliphatic rings. The van der Waals surface area contributed by atoms with E-state index in [9.17, 15) is 9.59 Å². The SMILES string of the molecule is CCOc1ccc2c(=O)c3c(oc2c1)C(=O)N(CCCN(C)C)C3c1ccc(OC(C)C)cc1. The van der Waals surface area contributed by atoms with Gasteiger partial charge in [-0.15, -0.1) is 0 Å². The maximum absolute atomic E-state index is 13.6. The van der Waals surface area contributed by atoms with Crippen LogP contribution in [0.25, 0.3) is 11.0 Å². The molecule has 0 N–H and O–H groups in total. The van der Waals surface area contributed by atoms with Crippen molar-refractivity contribution in [1.82, 2.24) is 9.80 Å². The molecule has 0 saturated heterocycles.